The Hall–Kier alpha value is -1.73. The van der Waals surface area contributed by atoms with Gasteiger partial charge in [-0.15, -0.1) is 11.3 Å². The van der Waals surface area contributed by atoms with Crippen LogP contribution in [0.1, 0.15) is 50.7 Å². The predicted molar refractivity (Wildman–Crippen MR) is 86.6 cm³/mol. The van der Waals surface area contributed by atoms with Crippen LogP contribution in [-0.2, 0) is 4.74 Å². The number of rotatable bonds is 4. The molecule has 3 heterocycles. The van der Waals surface area contributed by atoms with Crippen LogP contribution in [0.25, 0.3) is 0 Å². The van der Waals surface area contributed by atoms with Crippen molar-refractivity contribution in [3.05, 3.63) is 33.1 Å². The van der Waals surface area contributed by atoms with E-state index in [0.717, 1.165) is 23.3 Å². The second-order valence-corrected chi connectivity index (χ2v) is 7.19. The maximum atomic E-state index is 12.6. The number of ether oxygens (including phenoxy) is 1. The van der Waals surface area contributed by atoms with Gasteiger partial charge in [-0.25, -0.2) is 0 Å². The number of amides is 1. The minimum atomic E-state index is -0.268. The molecule has 1 amide bonds. The minimum Gasteiger partial charge on any atom is -0.381 e. The second-order valence-electron chi connectivity index (χ2n) is 5.93. The third kappa shape index (κ3) is 3.61. The Bertz CT molecular complexity index is 669. The Morgan fingerprint density at radius 3 is 2.65 bits per heavy atom. The summed E-state index contributed by atoms with van der Waals surface area (Å²) in [6.07, 6.45) is 1.74. The van der Waals surface area contributed by atoms with E-state index in [1.54, 1.807) is 6.92 Å². The molecule has 0 unspecified atom stereocenters. The van der Waals surface area contributed by atoms with Crippen molar-refractivity contribution in [1.29, 1.82) is 0 Å². The van der Waals surface area contributed by atoms with E-state index in [2.05, 4.69) is 15.5 Å². The molecule has 2 aromatic rings. The zero-order valence-corrected chi connectivity index (χ0v) is 14.4. The topological polar surface area (TPSA) is 77.2 Å². The SMILES string of the molecule is Cc1noc([C@H](NC(=O)c2cc(C)c(C)s2)C2CCOCC2)n1. The molecule has 2 aromatic heterocycles. The summed E-state index contributed by atoms with van der Waals surface area (Å²) in [5.74, 6) is 1.22. The summed E-state index contributed by atoms with van der Waals surface area (Å²) in [7, 11) is 0. The van der Waals surface area contributed by atoms with Crippen LogP contribution >= 0.6 is 11.3 Å². The van der Waals surface area contributed by atoms with E-state index in [-0.39, 0.29) is 17.9 Å². The molecule has 1 aliphatic heterocycles. The molecule has 0 radical (unpaired) electrons. The monoisotopic (exact) mass is 335 g/mol. The van der Waals surface area contributed by atoms with Gasteiger partial charge in [0.1, 0.15) is 6.04 Å². The molecule has 1 saturated heterocycles. The van der Waals surface area contributed by atoms with Crippen LogP contribution in [-0.4, -0.2) is 29.3 Å². The van der Waals surface area contributed by atoms with Gasteiger partial charge in [-0.2, -0.15) is 4.98 Å². The van der Waals surface area contributed by atoms with Gasteiger partial charge in [-0.3, -0.25) is 4.79 Å². The smallest absolute Gasteiger partial charge is 0.262 e. The van der Waals surface area contributed by atoms with E-state index >= 15 is 0 Å². The summed E-state index contributed by atoms with van der Waals surface area (Å²) in [5, 5.41) is 6.96. The highest BCUT2D eigenvalue weighted by atomic mass is 32.1. The van der Waals surface area contributed by atoms with Gasteiger partial charge >= 0.3 is 0 Å². The largest absolute Gasteiger partial charge is 0.381 e. The molecule has 7 heteroatoms. The van der Waals surface area contributed by atoms with Gasteiger partial charge in [0.05, 0.1) is 4.88 Å². The Labute approximate surface area is 139 Å². The van der Waals surface area contributed by atoms with Gasteiger partial charge in [0, 0.05) is 18.1 Å². The Morgan fingerprint density at radius 2 is 2.09 bits per heavy atom. The van der Waals surface area contributed by atoms with E-state index in [1.807, 2.05) is 19.9 Å². The number of aryl methyl sites for hydroxylation is 3. The molecule has 1 aliphatic rings. The number of nitrogens with zero attached hydrogens (tertiary/aromatic N) is 2. The molecular formula is C16H21N3O3S. The molecule has 124 valence electrons. The van der Waals surface area contributed by atoms with Gasteiger partial charge in [-0.05, 0) is 51.2 Å². The van der Waals surface area contributed by atoms with Crippen LogP contribution in [0.4, 0.5) is 0 Å². The Kier molecular flexibility index (Phi) is 4.77. The number of carbonyl (C=O) groups excluding carboxylic acids is 1. The van der Waals surface area contributed by atoms with Crippen LogP contribution in [0.3, 0.4) is 0 Å². The standard InChI is InChI=1S/C16H21N3O3S/c1-9-8-13(23-10(9)2)15(20)18-14(12-4-6-21-7-5-12)16-17-11(3)19-22-16/h8,12,14H,4-7H2,1-3H3,(H,18,20)/t14-/m1/s1. The fraction of sp³-hybridized carbons (Fsp3) is 0.562. The van der Waals surface area contributed by atoms with Crippen molar-refractivity contribution in [3.8, 4) is 0 Å². The van der Waals surface area contributed by atoms with Crippen molar-refractivity contribution in [2.75, 3.05) is 13.2 Å². The first kappa shape index (κ1) is 16.1. The van der Waals surface area contributed by atoms with Crippen LogP contribution in [0.2, 0.25) is 0 Å². The first-order chi connectivity index (χ1) is 11.0. The van der Waals surface area contributed by atoms with E-state index in [0.29, 0.717) is 29.8 Å². The van der Waals surface area contributed by atoms with Crippen molar-refractivity contribution < 1.29 is 14.1 Å². The lowest BCUT2D eigenvalue weighted by atomic mass is 9.91. The lowest BCUT2D eigenvalue weighted by Crippen LogP contribution is -2.36. The van der Waals surface area contributed by atoms with Gasteiger partial charge in [0.2, 0.25) is 5.89 Å². The van der Waals surface area contributed by atoms with Crippen LogP contribution in [0, 0.1) is 26.7 Å². The number of carbonyl (C=O) groups is 1. The molecular weight excluding hydrogens is 314 g/mol. The number of nitrogens with one attached hydrogen (secondary N) is 1. The summed E-state index contributed by atoms with van der Waals surface area (Å²) >= 11 is 1.51. The highest BCUT2D eigenvalue weighted by molar-refractivity contribution is 7.14. The summed E-state index contributed by atoms with van der Waals surface area (Å²) in [4.78, 5) is 18.8. The molecule has 3 rings (SSSR count). The van der Waals surface area contributed by atoms with Crippen LogP contribution < -0.4 is 5.32 Å². The lowest BCUT2D eigenvalue weighted by molar-refractivity contribution is 0.0468. The average molecular weight is 335 g/mol. The molecule has 1 fully saturated rings. The highest BCUT2D eigenvalue weighted by Gasteiger charge is 2.31. The lowest BCUT2D eigenvalue weighted by Gasteiger charge is -2.28. The molecule has 1 atom stereocenters. The molecule has 0 aromatic carbocycles. The second kappa shape index (κ2) is 6.80. The fourth-order valence-electron chi connectivity index (χ4n) is 2.77. The normalized spacial score (nSPS) is 17.2. The molecule has 0 bridgehead atoms. The van der Waals surface area contributed by atoms with Gasteiger partial charge in [0.15, 0.2) is 5.82 Å². The summed E-state index contributed by atoms with van der Waals surface area (Å²) in [5.41, 5.74) is 1.14. The fourth-order valence-corrected chi connectivity index (χ4v) is 3.70. The summed E-state index contributed by atoms with van der Waals surface area (Å²) < 4.78 is 10.8. The average Bonchev–Trinajstić information content (AvgIpc) is 3.12. The van der Waals surface area contributed by atoms with E-state index in [9.17, 15) is 4.79 Å². The van der Waals surface area contributed by atoms with Crippen molar-refractivity contribution in [3.63, 3.8) is 0 Å². The van der Waals surface area contributed by atoms with Gasteiger partial charge in [0.25, 0.3) is 5.91 Å². The maximum Gasteiger partial charge on any atom is 0.262 e. The number of hydrogen-bond acceptors (Lipinski definition) is 6. The van der Waals surface area contributed by atoms with E-state index in [4.69, 9.17) is 9.26 Å². The zero-order chi connectivity index (χ0) is 16.4. The zero-order valence-electron chi connectivity index (χ0n) is 13.6. The predicted octanol–water partition coefficient (Wildman–Crippen LogP) is 2.95. The third-order valence-corrected chi connectivity index (χ3v) is 5.37. The van der Waals surface area contributed by atoms with E-state index in [1.165, 1.54) is 11.3 Å². The van der Waals surface area contributed by atoms with Crippen molar-refractivity contribution in [2.45, 2.75) is 39.7 Å². The van der Waals surface area contributed by atoms with Crippen molar-refractivity contribution >= 4 is 17.2 Å². The molecule has 0 spiro atoms. The first-order valence-corrected chi connectivity index (χ1v) is 8.62. The number of aromatic nitrogens is 2. The molecule has 0 saturated carbocycles. The van der Waals surface area contributed by atoms with Crippen molar-refractivity contribution in [2.24, 2.45) is 5.92 Å². The van der Waals surface area contributed by atoms with Gasteiger partial charge in [-0.1, -0.05) is 5.16 Å². The summed E-state index contributed by atoms with van der Waals surface area (Å²) in [6.45, 7) is 7.21. The molecule has 23 heavy (non-hydrogen) atoms. The maximum absolute atomic E-state index is 12.6. The van der Waals surface area contributed by atoms with Gasteiger partial charge < -0.3 is 14.6 Å². The van der Waals surface area contributed by atoms with Crippen LogP contribution in [0.5, 0.6) is 0 Å². The summed E-state index contributed by atoms with van der Waals surface area (Å²) in [6, 6.07) is 1.66. The molecule has 0 aliphatic carbocycles. The minimum absolute atomic E-state index is 0.0847. The van der Waals surface area contributed by atoms with Crippen LogP contribution in [0.15, 0.2) is 10.6 Å². The third-order valence-electron chi connectivity index (χ3n) is 4.22. The highest BCUT2D eigenvalue weighted by Crippen LogP contribution is 2.30. The molecule has 6 nitrogen and oxygen atoms in total. The number of hydrogen-bond donors (Lipinski definition) is 1. The molecule has 1 N–H and O–H groups in total. The quantitative estimate of drug-likeness (QED) is 0.929. The first-order valence-electron chi connectivity index (χ1n) is 7.80. The Balaban J connectivity index is 1.81. The number of thiophene rings is 1. The Morgan fingerprint density at radius 1 is 1.35 bits per heavy atom. The van der Waals surface area contributed by atoms with E-state index < -0.39 is 0 Å². The van der Waals surface area contributed by atoms with Crippen molar-refractivity contribution in [1.82, 2.24) is 15.5 Å².